The fourth-order valence-electron chi connectivity index (χ4n) is 2.57. The number of aliphatic carboxylic acids is 1. The molecule has 1 aliphatic rings. The van der Waals surface area contributed by atoms with Crippen LogP contribution in [-0.4, -0.2) is 39.1 Å². The van der Waals surface area contributed by atoms with Gasteiger partial charge in [0.25, 0.3) is 0 Å². The molecule has 8 heteroatoms. The van der Waals surface area contributed by atoms with Crippen LogP contribution >= 0.6 is 0 Å². The molecule has 0 aliphatic carbocycles. The Morgan fingerprint density at radius 3 is 2.88 bits per heavy atom. The van der Waals surface area contributed by atoms with Crippen LogP contribution in [0.25, 0.3) is 0 Å². The third kappa shape index (κ3) is 2.78. The number of anilines is 1. The first-order valence-corrected chi connectivity index (χ1v) is 7.46. The lowest BCUT2D eigenvalue weighted by molar-refractivity contribution is -0.132. The second-order valence-electron chi connectivity index (χ2n) is 5.53. The highest BCUT2D eigenvalue weighted by atomic mass is 16.5. The Morgan fingerprint density at radius 2 is 2.21 bits per heavy atom. The number of carboxylic acids is 1. The van der Waals surface area contributed by atoms with Gasteiger partial charge in [-0.2, -0.15) is 10.1 Å². The Bertz CT molecular complexity index is 797. The van der Waals surface area contributed by atoms with Crippen LogP contribution in [0.3, 0.4) is 0 Å². The number of para-hydroxylation sites is 1. The van der Waals surface area contributed by atoms with Gasteiger partial charge in [-0.3, -0.25) is 0 Å². The number of aromatic nitrogens is 3. The van der Waals surface area contributed by atoms with Crippen LogP contribution in [0.1, 0.15) is 25.5 Å². The minimum Gasteiger partial charge on any atom is -0.493 e. The van der Waals surface area contributed by atoms with E-state index in [1.807, 2.05) is 26.0 Å². The summed E-state index contributed by atoms with van der Waals surface area (Å²) in [6.45, 7) is 3.83. The molecule has 0 fully saturated rings. The van der Waals surface area contributed by atoms with Crippen molar-refractivity contribution >= 4 is 11.9 Å². The summed E-state index contributed by atoms with van der Waals surface area (Å²) in [7, 11) is 1.56. The van der Waals surface area contributed by atoms with Gasteiger partial charge in [0.2, 0.25) is 5.95 Å². The number of benzene rings is 1. The number of carboxylic acid groups (broad SMARTS) is 1. The summed E-state index contributed by atoms with van der Waals surface area (Å²) in [6, 6.07) is 5.01. The van der Waals surface area contributed by atoms with Crippen molar-refractivity contribution in [3.8, 4) is 11.5 Å². The molecule has 0 unspecified atom stereocenters. The highest BCUT2D eigenvalue weighted by Crippen LogP contribution is 2.39. The van der Waals surface area contributed by atoms with Crippen LogP contribution in [0.5, 0.6) is 11.5 Å². The standard InChI is InChI=1S/C16H18N4O4/c1-9(2)24-14-10(5-4-6-13(14)23-3)12-7-11(15(21)22)19-16-17-8-18-20(12)16/h4-9,12H,1-3H3,(H,21,22)(H,17,18,19)/t12-/m0/s1. The first-order chi connectivity index (χ1) is 11.5. The van der Waals surface area contributed by atoms with E-state index in [1.54, 1.807) is 23.9 Å². The number of methoxy groups -OCH3 is 1. The SMILES string of the molecule is COc1cccc([C@@H]2C=C(C(=O)O)Nc3ncnn32)c1OC(C)C. The number of ether oxygens (including phenoxy) is 2. The summed E-state index contributed by atoms with van der Waals surface area (Å²) in [4.78, 5) is 15.5. The predicted octanol–water partition coefficient (Wildman–Crippen LogP) is 2.06. The van der Waals surface area contributed by atoms with Crippen LogP contribution in [0.4, 0.5) is 5.95 Å². The predicted molar refractivity (Wildman–Crippen MR) is 86.3 cm³/mol. The molecular weight excluding hydrogens is 312 g/mol. The molecule has 0 saturated heterocycles. The Kier molecular flexibility index (Phi) is 4.11. The quantitative estimate of drug-likeness (QED) is 0.865. The van der Waals surface area contributed by atoms with Gasteiger partial charge in [0.15, 0.2) is 11.5 Å². The molecule has 2 aromatic rings. The van der Waals surface area contributed by atoms with Gasteiger partial charge in [0.1, 0.15) is 18.1 Å². The summed E-state index contributed by atoms with van der Waals surface area (Å²) in [5.74, 6) is 0.428. The van der Waals surface area contributed by atoms with Gasteiger partial charge < -0.3 is 19.9 Å². The van der Waals surface area contributed by atoms with E-state index in [1.165, 1.54) is 6.33 Å². The van der Waals surface area contributed by atoms with Crippen LogP contribution in [-0.2, 0) is 4.79 Å². The molecule has 0 saturated carbocycles. The van der Waals surface area contributed by atoms with Crippen molar-refractivity contribution in [2.45, 2.75) is 26.0 Å². The molecule has 0 amide bonds. The molecule has 1 aromatic carbocycles. The molecule has 3 rings (SSSR count). The molecule has 2 heterocycles. The lowest BCUT2D eigenvalue weighted by atomic mass is 10.0. The van der Waals surface area contributed by atoms with E-state index in [0.717, 1.165) is 5.56 Å². The maximum absolute atomic E-state index is 11.4. The smallest absolute Gasteiger partial charge is 0.352 e. The molecule has 1 aliphatic heterocycles. The van der Waals surface area contributed by atoms with Gasteiger partial charge in [-0.1, -0.05) is 12.1 Å². The molecule has 24 heavy (non-hydrogen) atoms. The maximum Gasteiger partial charge on any atom is 0.352 e. The summed E-state index contributed by atoms with van der Waals surface area (Å²) >= 11 is 0. The van der Waals surface area contributed by atoms with Crippen molar-refractivity contribution in [1.29, 1.82) is 0 Å². The molecule has 1 atom stereocenters. The lowest BCUT2D eigenvalue weighted by Gasteiger charge is -2.25. The van der Waals surface area contributed by atoms with Gasteiger partial charge in [-0.05, 0) is 26.0 Å². The first-order valence-electron chi connectivity index (χ1n) is 7.46. The van der Waals surface area contributed by atoms with Gasteiger partial charge in [0.05, 0.1) is 13.2 Å². The average molecular weight is 330 g/mol. The molecule has 2 N–H and O–H groups in total. The van der Waals surface area contributed by atoms with E-state index in [9.17, 15) is 9.90 Å². The Hall–Kier alpha value is -3.03. The topological polar surface area (TPSA) is 98.5 Å². The normalized spacial score (nSPS) is 16.2. The van der Waals surface area contributed by atoms with E-state index < -0.39 is 12.0 Å². The number of rotatable bonds is 5. The second kappa shape index (κ2) is 6.23. The Balaban J connectivity index is 2.16. The number of fused-ring (bicyclic) bond motifs is 1. The minimum atomic E-state index is -1.07. The Morgan fingerprint density at radius 1 is 1.42 bits per heavy atom. The second-order valence-corrected chi connectivity index (χ2v) is 5.53. The van der Waals surface area contributed by atoms with Crippen molar-refractivity contribution in [2.75, 3.05) is 12.4 Å². The van der Waals surface area contributed by atoms with Gasteiger partial charge in [-0.25, -0.2) is 9.48 Å². The molecule has 0 radical (unpaired) electrons. The lowest BCUT2D eigenvalue weighted by Crippen LogP contribution is -2.25. The molecule has 0 bridgehead atoms. The van der Waals surface area contributed by atoms with Gasteiger partial charge >= 0.3 is 5.97 Å². The monoisotopic (exact) mass is 330 g/mol. The van der Waals surface area contributed by atoms with Crippen molar-refractivity contribution in [3.05, 3.63) is 41.9 Å². The first kappa shape index (κ1) is 15.9. The fraction of sp³-hybridized carbons (Fsp3) is 0.312. The summed E-state index contributed by atoms with van der Waals surface area (Å²) in [6.07, 6.45) is 2.88. The third-order valence-electron chi connectivity index (χ3n) is 3.54. The van der Waals surface area contributed by atoms with E-state index in [-0.39, 0.29) is 11.8 Å². The summed E-state index contributed by atoms with van der Waals surface area (Å²) in [5, 5.41) is 16.3. The molecule has 126 valence electrons. The fourth-order valence-corrected chi connectivity index (χ4v) is 2.57. The van der Waals surface area contributed by atoms with Crippen molar-refractivity contribution in [3.63, 3.8) is 0 Å². The summed E-state index contributed by atoms with van der Waals surface area (Å²) in [5.41, 5.74) is 0.786. The molecule has 0 spiro atoms. The number of nitrogens with zero attached hydrogens (tertiary/aromatic N) is 3. The molecule has 8 nitrogen and oxygen atoms in total. The minimum absolute atomic E-state index is 0.0406. The van der Waals surface area contributed by atoms with Crippen LogP contribution in [0, 0.1) is 0 Å². The van der Waals surface area contributed by atoms with Crippen molar-refractivity contribution < 1.29 is 19.4 Å². The van der Waals surface area contributed by atoms with Crippen LogP contribution < -0.4 is 14.8 Å². The van der Waals surface area contributed by atoms with E-state index in [2.05, 4.69) is 15.4 Å². The van der Waals surface area contributed by atoms with Crippen molar-refractivity contribution in [1.82, 2.24) is 14.8 Å². The number of carbonyl (C=O) groups is 1. The zero-order chi connectivity index (χ0) is 17.3. The number of nitrogens with one attached hydrogen (secondary N) is 1. The van der Waals surface area contributed by atoms with Crippen molar-refractivity contribution in [2.24, 2.45) is 0 Å². The zero-order valence-corrected chi connectivity index (χ0v) is 13.6. The highest BCUT2D eigenvalue weighted by molar-refractivity contribution is 5.90. The average Bonchev–Trinajstić information content (AvgIpc) is 3.02. The number of hydrogen-bond donors (Lipinski definition) is 2. The van der Waals surface area contributed by atoms with Gasteiger partial charge in [0, 0.05) is 5.56 Å². The van der Waals surface area contributed by atoms with Gasteiger partial charge in [-0.15, -0.1) is 0 Å². The van der Waals surface area contributed by atoms with Crippen LogP contribution in [0.2, 0.25) is 0 Å². The van der Waals surface area contributed by atoms with E-state index in [4.69, 9.17) is 9.47 Å². The third-order valence-corrected chi connectivity index (χ3v) is 3.54. The van der Waals surface area contributed by atoms with E-state index >= 15 is 0 Å². The largest absolute Gasteiger partial charge is 0.493 e. The van der Waals surface area contributed by atoms with E-state index in [0.29, 0.717) is 17.4 Å². The number of allylic oxidation sites excluding steroid dienone is 1. The molecular formula is C16H18N4O4. The zero-order valence-electron chi connectivity index (χ0n) is 13.6. The Labute approximate surface area is 138 Å². The van der Waals surface area contributed by atoms with Crippen LogP contribution in [0.15, 0.2) is 36.3 Å². The maximum atomic E-state index is 11.4. The summed E-state index contributed by atoms with van der Waals surface area (Å²) < 4.78 is 12.9. The number of hydrogen-bond acceptors (Lipinski definition) is 6. The highest BCUT2D eigenvalue weighted by Gasteiger charge is 2.29. The molecule has 1 aromatic heterocycles.